The molecule has 0 heterocycles. The topological polar surface area (TPSA) is 23.5 Å². The number of rotatable bonds is 5. The van der Waals surface area contributed by atoms with E-state index >= 15 is 0 Å². The summed E-state index contributed by atoms with van der Waals surface area (Å²) in [7, 11) is 0. The largest absolute Gasteiger partial charge is 0.387 e. The Labute approximate surface area is 125 Å². The molecule has 0 bridgehead atoms. The lowest BCUT2D eigenvalue weighted by Crippen LogP contribution is -2.28. The predicted octanol–water partition coefficient (Wildman–Crippen LogP) is 4.21. The summed E-state index contributed by atoms with van der Waals surface area (Å²) in [6.07, 6.45) is -0.521. The van der Waals surface area contributed by atoms with Crippen LogP contribution in [0.5, 0.6) is 0 Å². The van der Waals surface area contributed by atoms with Gasteiger partial charge < -0.3 is 10.0 Å². The Hall–Kier alpha value is -1.51. The highest BCUT2D eigenvalue weighted by Gasteiger charge is 2.13. The number of hydrogen-bond acceptors (Lipinski definition) is 2. The van der Waals surface area contributed by atoms with Gasteiger partial charge in [0.15, 0.2) is 0 Å². The molecule has 2 nitrogen and oxygen atoms in total. The third-order valence-electron chi connectivity index (χ3n) is 3.40. The second-order valence-corrected chi connectivity index (χ2v) is 5.38. The monoisotopic (exact) mass is 289 g/mol. The summed E-state index contributed by atoms with van der Waals surface area (Å²) in [5.41, 5.74) is 3.25. The van der Waals surface area contributed by atoms with Crippen molar-refractivity contribution in [1.82, 2.24) is 0 Å². The van der Waals surface area contributed by atoms with Crippen molar-refractivity contribution in [2.75, 3.05) is 18.0 Å². The molecule has 0 aliphatic heterocycles. The quantitative estimate of drug-likeness (QED) is 0.891. The lowest BCUT2D eigenvalue weighted by Gasteiger charge is -2.26. The molecule has 1 atom stereocenters. The van der Waals surface area contributed by atoms with Gasteiger partial charge in [0, 0.05) is 23.8 Å². The van der Waals surface area contributed by atoms with Crippen LogP contribution in [0.2, 0.25) is 5.02 Å². The third-order valence-corrected chi connectivity index (χ3v) is 3.65. The lowest BCUT2D eigenvalue weighted by atomic mass is 10.1. The number of aliphatic hydroxyl groups is 1. The Morgan fingerprint density at radius 2 is 1.85 bits per heavy atom. The summed E-state index contributed by atoms with van der Waals surface area (Å²) in [4.78, 5) is 2.17. The van der Waals surface area contributed by atoms with E-state index in [0.717, 1.165) is 17.8 Å². The summed E-state index contributed by atoms with van der Waals surface area (Å²) in [6, 6.07) is 15.7. The maximum Gasteiger partial charge on any atom is 0.0964 e. The zero-order chi connectivity index (χ0) is 14.5. The normalized spacial score (nSPS) is 12.2. The van der Waals surface area contributed by atoms with Crippen molar-refractivity contribution in [3.8, 4) is 0 Å². The van der Waals surface area contributed by atoms with Crippen molar-refractivity contribution in [3.63, 3.8) is 0 Å². The van der Waals surface area contributed by atoms with Crippen LogP contribution >= 0.6 is 11.6 Å². The van der Waals surface area contributed by atoms with Gasteiger partial charge in [0.1, 0.15) is 0 Å². The summed E-state index contributed by atoms with van der Waals surface area (Å²) in [5.74, 6) is 0. The van der Waals surface area contributed by atoms with E-state index in [1.165, 1.54) is 5.56 Å². The third kappa shape index (κ3) is 3.75. The van der Waals surface area contributed by atoms with E-state index in [1.807, 2.05) is 30.3 Å². The molecule has 2 aromatic rings. The molecular weight excluding hydrogens is 270 g/mol. The Balaban J connectivity index is 2.11. The minimum atomic E-state index is -0.521. The van der Waals surface area contributed by atoms with Gasteiger partial charge in [-0.25, -0.2) is 0 Å². The maximum atomic E-state index is 10.4. The standard InChI is InChI=1S/C17H20ClNO/c1-3-19(16-6-4-5-13(2)11-16)12-17(20)14-7-9-15(18)10-8-14/h4-11,17,20H,3,12H2,1-2H3. The van der Waals surface area contributed by atoms with Crippen molar-refractivity contribution >= 4 is 17.3 Å². The second-order valence-electron chi connectivity index (χ2n) is 4.94. The minimum Gasteiger partial charge on any atom is -0.387 e. The average Bonchev–Trinajstić information content (AvgIpc) is 2.45. The molecule has 0 saturated heterocycles. The number of hydrogen-bond donors (Lipinski definition) is 1. The summed E-state index contributed by atoms with van der Waals surface area (Å²) >= 11 is 5.87. The molecule has 2 aromatic carbocycles. The van der Waals surface area contributed by atoms with Crippen molar-refractivity contribution in [2.45, 2.75) is 20.0 Å². The molecule has 20 heavy (non-hydrogen) atoms. The zero-order valence-electron chi connectivity index (χ0n) is 11.9. The van der Waals surface area contributed by atoms with Gasteiger partial charge in [-0.3, -0.25) is 0 Å². The molecule has 2 rings (SSSR count). The molecule has 1 unspecified atom stereocenters. The summed E-state index contributed by atoms with van der Waals surface area (Å²) in [5, 5.41) is 11.0. The molecule has 1 N–H and O–H groups in total. The first-order chi connectivity index (χ1) is 9.60. The van der Waals surface area contributed by atoms with Gasteiger partial charge in [-0.2, -0.15) is 0 Å². The number of nitrogens with zero attached hydrogens (tertiary/aromatic N) is 1. The molecule has 106 valence electrons. The molecule has 0 amide bonds. The minimum absolute atomic E-state index is 0.521. The highest BCUT2D eigenvalue weighted by molar-refractivity contribution is 6.30. The van der Waals surface area contributed by atoms with Gasteiger partial charge in [-0.1, -0.05) is 35.9 Å². The first-order valence-electron chi connectivity index (χ1n) is 6.85. The van der Waals surface area contributed by atoms with E-state index < -0.39 is 6.10 Å². The Kier molecular flexibility index (Phi) is 5.05. The molecule has 0 aromatic heterocycles. The van der Waals surface area contributed by atoms with Crippen LogP contribution in [0.1, 0.15) is 24.2 Å². The van der Waals surface area contributed by atoms with Crippen LogP contribution in [0, 0.1) is 6.92 Å². The molecule has 0 saturated carbocycles. The van der Waals surface area contributed by atoms with Crippen LogP contribution in [0.4, 0.5) is 5.69 Å². The molecule has 0 aliphatic carbocycles. The van der Waals surface area contributed by atoms with Crippen molar-refractivity contribution < 1.29 is 5.11 Å². The van der Waals surface area contributed by atoms with Crippen LogP contribution in [0.25, 0.3) is 0 Å². The number of benzene rings is 2. The van der Waals surface area contributed by atoms with Gasteiger partial charge in [0.2, 0.25) is 0 Å². The molecule has 3 heteroatoms. The number of anilines is 1. The van der Waals surface area contributed by atoms with Crippen LogP contribution in [-0.4, -0.2) is 18.2 Å². The van der Waals surface area contributed by atoms with Gasteiger partial charge in [-0.15, -0.1) is 0 Å². The van der Waals surface area contributed by atoms with Crippen LogP contribution in [-0.2, 0) is 0 Å². The van der Waals surface area contributed by atoms with Crippen LogP contribution in [0.15, 0.2) is 48.5 Å². The fourth-order valence-electron chi connectivity index (χ4n) is 2.24. The van der Waals surface area contributed by atoms with Gasteiger partial charge in [0.25, 0.3) is 0 Å². The molecule has 0 fully saturated rings. The molecule has 0 spiro atoms. The Morgan fingerprint density at radius 3 is 2.45 bits per heavy atom. The molecule has 0 radical (unpaired) electrons. The SMILES string of the molecule is CCN(CC(O)c1ccc(Cl)cc1)c1cccc(C)c1. The van der Waals surface area contributed by atoms with Gasteiger partial charge in [-0.05, 0) is 49.2 Å². The maximum absolute atomic E-state index is 10.4. The number of halogens is 1. The predicted molar refractivity (Wildman–Crippen MR) is 85.5 cm³/mol. The van der Waals surface area contributed by atoms with Gasteiger partial charge >= 0.3 is 0 Å². The Morgan fingerprint density at radius 1 is 1.15 bits per heavy atom. The van der Waals surface area contributed by atoms with E-state index in [1.54, 1.807) is 0 Å². The first-order valence-corrected chi connectivity index (χ1v) is 7.23. The lowest BCUT2D eigenvalue weighted by molar-refractivity contribution is 0.183. The smallest absolute Gasteiger partial charge is 0.0964 e. The zero-order valence-corrected chi connectivity index (χ0v) is 12.6. The van der Waals surface area contributed by atoms with Gasteiger partial charge in [0.05, 0.1) is 6.10 Å². The highest BCUT2D eigenvalue weighted by atomic mass is 35.5. The average molecular weight is 290 g/mol. The van der Waals surface area contributed by atoms with Crippen molar-refractivity contribution in [3.05, 3.63) is 64.7 Å². The number of aliphatic hydroxyl groups excluding tert-OH is 1. The fraction of sp³-hybridized carbons (Fsp3) is 0.294. The molecular formula is C17H20ClNO. The van der Waals surface area contributed by atoms with Crippen molar-refractivity contribution in [1.29, 1.82) is 0 Å². The van der Waals surface area contributed by atoms with E-state index in [0.29, 0.717) is 11.6 Å². The van der Waals surface area contributed by atoms with E-state index in [2.05, 4.69) is 36.9 Å². The first kappa shape index (κ1) is 14.9. The van der Waals surface area contributed by atoms with Crippen molar-refractivity contribution in [2.24, 2.45) is 0 Å². The van der Waals surface area contributed by atoms with E-state index in [9.17, 15) is 5.11 Å². The van der Waals surface area contributed by atoms with Crippen LogP contribution in [0.3, 0.4) is 0 Å². The van der Waals surface area contributed by atoms with E-state index in [-0.39, 0.29) is 0 Å². The fourth-order valence-corrected chi connectivity index (χ4v) is 2.37. The highest BCUT2D eigenvalue weighted by Crippen LogP contribution is 2.21. The van der Waals surface area contributed by atoms with E-state index in [4.69, 9.17) is 11.6 Å². The van der Waals surface area contributed by atoms with Crippen LogP contribution < -0.4 is 4.90 Å². The Bertz CT molecular complexity index is 553. The number of aryl methyl sites for hydroxylation is 1. The molecule has 0 aliphatic rings. The summed E-state index contributed by atoms with van der Waals surface area (Å²) in [6.45, 7) is 5.60. The second kappa shape index (κ2) is 6.78. The number of likely N-dealkylation sites (N-methyl/N-ethyl adjacent to an activating group) is 1. The summed E-state index contributed by atoms with van der Waals surface area (Å²) < 4.78 is 0.